The molecule has 24 heavy (non-hydrogen) atoms. The molecule has 3 aromatic rings. The van der Waals surface area contributed by atoms with Gasteiger partial charge in [-0.3, -0.25) is 5.41 Å². The zero-order chi connectivity index (χ0) is 16.9. The minimum atomic E-state index is 0.428. The van der Waals surface area contributed by atoms with E-state index in [1.807, 2.05) is 60.7 Å². The molecule has 0 bridgehead atoms. The summed E-state index contributed by atoms with van der Waals surface area (Å²) in [4.78, 5) is 1.18. The summed E-state index contributed by atoms with van der Waals surface area (Å²) in [5.74, 6) is 0. The number of nitrogens with two attached hydrogens (primary N) is 1. The molecule has 3 rings (SSSR count). The molecule has 0 aliphatic carbocycles. The van der Waals surface area contributed by atoms with E-state index in [0.29, 0.717) is 11.4 Å². The van der Waals surface area contributed by atoms with Gasteiger partial charge in [-0.05, 0) is 48.7 Å². The summed E-state index contributed by atoms with van der Waals surface area (Å²) in [6, 6.07) is 23.6. The fourth-order valence-corrected chi connectivity index (χ4v) is 3.11. The maximum absolute atomic E-state index is 8.42. The lowest BCUT2D eigenvalue weighted by Crippen LogP contribution is -2.06. The van der Waals surface area contributed by atoms with Gasteiger partial charge >= 0.3 is 0 Å². The van der Waals surface area contributed by atoms with Gasteiger partial charge in [0.15, 0.2) is 0 Å². The van der Waals surface area contributed by atoms with Gasteiger partial charge in [0.05, 0.1) is 5.71 Å². The molecule has 4 heteroatoms. The van der Waals surface area contributed by atoms with Gasteiger partial charge in [-0.2, -0.15) is 0 Å². The zero-order valence-electron chi connectivity index (χ0n) is 13.4. The van der Waals surface area contributed by atoms with Gasteiger partial charge in [0.1, 0.15) is 0 Å². The number of nitrogen functional groups attached to an aromatic ring is 1. The van der Waals surface area contributed by atoms with Gasteiger partial charge in [-0.25, -0.2) is 0 Å². The number of hydrogen-bond acceptors (Lipinski definition) is 4. The summed E-state index contributed by atoms with van der Waals surface area (Å²) in [7, 11) is 0. The van der Waals surface area contributed by atoms with Crippen LogP contribution >= 0.6 is 11.9 Å². The molecule has 0 spiro atoms. The Morgan fingerprint density at radius 1 is 0.958 bits per heavy atom. The Kier molecular flexibility index (Phi) is 4.87. The molecule has 0 aliphatic rings. The minimum Gasteiger partial charge on any atom is -0.398 e. The molecule has 4 N–H and O–H groups in total. The van der Waals surface area contributed by atoms with E-state index < -0.39 is 0 Å². The van der Waals surface area contributed by atoms with Crippen LogP contribution in [0.1, 0.15) is 16.7 Å². The Balaban J connectivity index is 1.82. The number of rotatable bonds is 5. The van der Waals surface area contributed by atoms with E-state index in [2.05, 4.69) is 23.8 Å². The van der Waals surface area contributed by atoms with E-state index in [1.54, 1.807) is 11.9 Å². The lowest BCUT2D eigenvalue weighted by molar-refractivity contribution is 1.31. The molecule has 0 fully saturated rings. The van der Waals surface area contributed by atoms with Crippen LogP contribution < -0.4 is 10.5 Å². The van der Waals surface area contributed by atoms with Crippen molar-refractivity contribution in [3.63, 3.8) is 0 Å². The molecule has 0 unspecified atom stereocenters. The van der Waals surface area contributed by atoms with Crippen molar-refractivity contribution in [2.75, 3.05) is 10.5 Å². The molecule has 0 aromatic heterocycles. The standard InChI is InChI=1S/C20H19N3S/c1-14-7-5-6-10-19(14)24-23-16-11-12-18(21)17(13-16)20(22)15-8-3-2-4-9-15/h2-13,22-23H,21H2,1H3. The highest BCUT2D eigenvalue weighted by Crippen LogP contribution is 2.27. The summed E-state index contributed by atoms with van der Waals surface area (Å²) in [6.45, 7) is 2.09. The van der Waals surface area contributed by atoms with Gasteiger partial charge in [0, 0.05) is 27.4 Å². The number of benzene rings is 3. The zero-order valence-corrected chi connectivity index (χ0v) is 14.2. The maximum atomic E-state index is 8.42. The van der Waals surface area contributed by atoms with Crippen LogP contribution in [0.25, 0.3) is 0 Å². The highest BCUT2D eigenvalue weighted by Gasteiger charge is 2.09. The smallest absolute Gasteiger partial charge is 0.0705 e. The summed E-state index contributed by atoms with van der Waals surface area (Å²) in [5.41, 5.74) is 10.9. The minimum absolute atomic E-state index is 0.428. The highest BCUT2D eigenvalue weighted by molar-refractivity contribution is 8.00. The third-order valence-electron chi connectivity index (χ3n) is 3.76. The van der Waals surface area contributed by atoms with Crippen LogP contribution in [0.2, 0.25) is 0 Å². The first-order valence-corrected chi connectivity index (χ1v) is 8.49. The Morgan fingerprint density at radius 2 is 1.67 bits per heavy atom. The van der Waals surface area contributed by atoms with Crippen molar-refractivity contribution in [2.24, 2.45) is 0 Å². The van der Waals surface area contributed by atoms with Crippen molar-refractivity contribution >= 4 is 29.0 Å². The Hall–Kier alpha value is -2.72. The molecular weight excluding hydrogens is 314 g/mol. The Labute approximate surface area is 146 Å². The van der Waals surface area contributed by atoms with E-state index in [9.17, 15) is 0 Å². The van der Waals surface area contributed by atoms with Crippen LogP contribution in [0.3, 0.4) is 0 Å². The first-order chi connectivity index (χ1) is 11.6. The fourth-order valence-electron chi connectivity index (χ4n) is 2.38. The van der Waals surface area contributed by atoms with Crippen LogP contribution in [0.4, 0.5) is 11.4 Å². The van der Waals surface area contributed by atoms with Crippen molar-refractivity contribution in [3.8, 4) is 0 Å². The molecule has 0 heterocycles. The molecule has 3 nitrogen and oxygen atoms in total. The second kappa shape index (κ2) is 7.23. The molecule has 0 saturated heterocycles. The number of nitrogens with one attached hydrogen (secondary N) is 2. The quantitative estimate of drug-likeness (QED) is 0.345. The van der Waals surface area contributed by atoms with E-state index in [4.69, 9.17) is 11.1 Å². The van der Waals surface area contributed by atoms with Crippen LogP contribution in [-0.4, -0.2) is 5.71 Å². The van der Waals surface area contributed by atoms with E-state index >= 15 is 0 Å². The first-order valence-electron chi connectivity index (χ1n) is 7.67. The molecule has 0 saturated carbocycles. The van der Waals surface area contributed by atoms with Crippen LogP contribution in [-0.2, 0) is 0 Å². The Morgan fingerprint density at radius 3 is 2.42 bits per heavy atom. The normalized spacial score (nSPS) is 10.4. The third-order valence-corrected chi connectivity index (χ3v) is 4.77. The van der Waals surface area contributed by atoms with Crippen LogP contribution in [0.5, 0.6) is 0 Å². The summed E-state index contributed by atoms with van der Waals surface area (Å²) in [5, 5.41) is 8.42. The van der Waals surface area contributed by atoms with E-state index in [0.717, 1.165) is 16.8 Å². The lowest BCUT2D eigenvalue weighted by atomic mass is 10.0. The Bertz CT molecular complexity index is 860. The molecule has 0 atom stereocenters. The molecule has 0 amide bonds. The monoisotopic (exact) mass is 333 g/mol. The summed E-state index contributed by atoms with van der Waals surface area (Å²) >= 11 is 1.56. The average Bonchev–Trinajstić information content (AvgIpc) is 2.62. The van der Waals surface area contributed by atoms with Crippen molar-refractivity contribution < 1.29 is 0 Å². The van der Waals surface area contributed by atoms with Crippen molar-refractivity contribution in [3.05, 3.63) is 89.5 Å². The lowest BCUT2D eigenvalue weighted by Gasteiger charge is -2.12. The SMILES string of the molecule is Cc1ccccc1SNc1ccc(N)c(C(=N)c2ccccc2)c1. The fraction of sp³-hybridized carbons (Fsp3) is 0.0500. The second-order valence-corrected chi connectivity index (χ2v) is 6.36. The molecular formula is C20H19N3S. The van der Waals surface area contributed by atoms with Gasteiger partial charge in [0.25, 0.3) is 0 Å². The third kappa shape index (κ3) is 3.60. The number of hydrogen-bond donors (Lipinski definition) is 3. The van der Waals surface area contributed by atoms with Crippen LogP contribution in [0.15, 0.2) is 77.7 Å². The average molecular weight is 333 g/mol. The number of anilines is 2. The van der Waals surface area contributed by atoms with Crippen LogP contribution in [0, 0.1) is 12.3 Å². The van der Waals surface area contributed by atoms with Crippen molar-refractivity contribution in [2.45, 2.75) is 11.8 Å². The van der Waals surface area contributed by atoms with Gasteiger partial charge in [0.2, 0.25) is 0 Å². The second-order valence-electron chi connectivity index (χ2n) is 5.51. The van der Waals surface area contributed by atoms with Crippen molar-refractivity contribution in [1.82, 2.24) is 0 Å². The molecule has 0 aliphatic heterocycles. The summed E-state index contributed by atoms with van der Waals surface area (Å²) in [6.07, 6.45) is 0. The molecule has 3 aromatic carbocycles. The topological polar surface area (TPSA) is 61.9 Å². The predicted octanol–water partition coefficient (Wildman–Crippen LogP) is 5.11. The molecule has 120 valence electrons. The predicted molar refractivity (Wildman–Crippen MR) is 104 cm³/mol. The van der Waals surface area contributed by atoms with Gasteiger partial charge in [-0.1, -0.05) is 48.5 Å². The maximum Gasteiger partial charge on any atom is 0.0705 e. The largest absolute Gasteiger partial charge is 0.398 e. The van der Waals surface area contributed by atoms with E-state index in [1.165, 1.54) is 10.5 Å². The van der Waals surface area contributed by atoms with Gasteiger partial charge < -0.3 is 10.5 Å². The van der Waals surface area contributed by atoms with Gasteiger partial charge in [-0.15, -0.1) is 0 Å². The van der Waals surface area contributed by atoms with E-state index in [-0.39, 0.29) is 0 Å². The highest BCUT2D eigenvalue weighted by atomic mass is 32.2. The summed E-state index contributed by atoms with van der Waals surface area (Å²) < 4.78 is 3.34. The van der Waals surface area contributed by atoms with Crippen molar-refractivity contribution in [1.29, 1.82) is 5.41 Å². The molecule has 0 radical (unpaired) electrons. The number of aryl methyl sites for hydroxylation is 1. The first kappa shape index (κ1) is 16.1.